The van der Waals surface area contributed by atoms with Crippen LogP contribution in [0.15, 0.2) is 56.7 Å². The second-order valence-electron chi connectivity index (χ2n) is 8.23. The largest absolute Gasteiger partial charge is 0.491 e. The maximum Gasteiger partial charge on any atom is 0.323 e. The molecule has 0 spiro atoms. The molecular formula is C23H27BrFNO3S. The first-order valence-electron chi connectivity index (χ1n) is 10.0. The van der Waals surface area contributed by atoms with Crippen LogP contribution in [-0.4, -0.2) is 42.2 Å². The first-order chi connectivity index (χ1) is 14.2. The number of halogens is 2. The molecule has 162 valence electrons. The van der Waals surface area contributed by atoms with E-state index in [1.54, 1.807) is 6.07 Å². The summed E-state index contributed by atoms with van der Waals surface area (Å²) in [6.07, 6.45) is 1.79. The Bertz CT molecular complexity index is 887. The minimum absolute atomic E-state index is 0.162. The van der Waals surface area contributed by atoms with Gasteiger partial charge in [-0.1, -0.05) is 33.8 Å². The Morgan fingerprint density at radius 3 is 2.80 bits per heavy atom. The Labute approximate surface area is 190 Å². The van der Waals surface area contributed by atoms with E-state index in [-0.39, 0.29) is 17.8 Å². The molecular weight excluding hydrogens is 469 g/mol. The Morgan fingerprint density at radius 1 is 1.27 bits per heavy atom. The molecule has 1 aliphatic heterocycles. The molecule has 0 N–H and O–H groups in total. The third-order valence-electron chi connectivity index (χ3n) is 4.61. The van der Waals surface area contributed by atoms with Crippen molar-refractivity contribution >= 4 is 33.7 Å². The summed E-state index contributed by atoms with van der Waals surface area (Å²) in [4.78, 5) is 16.3. The van der Waals surface area contributed by atoms with Crippen molar-refractivity contribution in [3.63, 3.8) is 0 Å². The first-order valence-corrected chi connectivity index (χ1v) is 11.6. The van der Waals surface area contributed by atoms with E-state index in [4.69, 9.17) is 9.47 Å². The molecule has 0 unspecified atom stereocenters. The number of hydrogen-bond acceptors (Lipinski definition) is 5. The van der Waals surface area contributed by atoms with E-state index in [2.05, 4.69) is 20.8 Å². The number of ether oxygens (including phenoxy) is 2. The van der Waals surface area contributed by atoms with Crippen LogP contribution in [0.4, 0.5) is 4.39 Å². The van der Waals surface area contributed by atoms with E-state index in [1.807, 2.05) is 45.0 Å². The Morgan fingerprint density at radius 2 is 2.07 bits per heavy atom. The van der Waals surface area contributed by atoms with Gasteiger partial charge in [-0.05, 0) is 76.6 Å². The predicted molar refractivity (Wildman–Crippen MR) is 121 cm³/mol. The molecule has 1 atom stereocenters. The van der Waals surface area contributed by atoms with Crippen molar-refractivity contribution in [2.24, 2.45) is 0 Å². The average molecular weight is 496 g/mol. The van der Waals surface area contributed by atoms with Crippen molar-refractivity contribution in [3.8, 4) is 5.75 Å². The van der Waals surface area contributed by atoms with Gasteiger partial charge < -0.3 is 9.47 Å². The van der Waals surface area contributed by atoms with Crippen LogP contribution in [0.1, 0.15) is 33.6 Å². The van der Waals surface area contributed by atoms with Gasteiger partial charge in [0, 0.05) is 15.9 Å². The molecule has 1 aliphatic rings. The molecule has 4 nitrogen and oxygen atoms in total. The van der Waals surface area contributed by atoms with Crippen molar-refractivity contribution in [1.82, 2.24) is 4.90 Å². The van der Waals surface area contributed by atoms with Gasteiger partial charge in [-0.25, -0.2) is 4.39 Å². The fourth-order valence-electron chi connectivity index (χ4n) is 3.34. The van der Waals surface area contributed by atoms with E-state index in [0.29, 0.717) is 13.2 Å². The molecule has 2 aromatic carbocycles. The number of benzene rings is 2. The molecule has 1 fully saturated rings. The van der Waals surface area contributed by atoms with Gasteiger partial charge in [0.15, 0.2) is 0 Å². The van der Waals surface area contributed by atoms with Crippen molar-refractivity contribution in [2.75, 3.05) is 19.7 Å². The summed E-state index contributed by atoms with van der Waals surface area (Å²) < 4.78 is 26.1. The van der Waals surface area contributed by atoms with Crippen molar-refractivity contribution in [2.45, 2.75) is 55.0 Å². The fraction of sp³-hybridized carbons (Fsp3) is 0.435. The van der Waals surface area contributed by atoms with Gasteiger partial charge in [0.25, 0.3) is 0 Å². The molecule has 2 aromatic rings. The number of nitrogens with zero attached hydrogens (tertiary/aromatic N) is 1. The summed E-state index contributed by atoms with van der Waals surface area (Å²) >= 11 is 4.95. The van der Waals surface area contributed by atoms with E-state index in [9.17, 15) is 9.18 Å². The molecule has 0 aliphatic carbocycles. The molecule has 0 amide bonds. The predicted octanol–water partition coefficient (Wildman–Crippen LogP) is 5.92. The smallest absolute Gasteiger partial charge is 0.323 e. The average Bonchev–Trinajstić information content (AvgIpc) is 3.11. The number of carbonyl (C=O) groups is 1. The van der Waals surface area contributed by atoms with Gasteiger partial charge in [-0.15, -0.1) is 0 Å². The zero-order valence-electron chi connectivity index (χ0n) is 17.5. The number of likely N-dealkylation sites (tertiary alicyclic amines) is 1. The monoisotopic (exact) mass is 495 g/mol. The molecule has 0 saturated carbocycles. The molecule has 0 radical (unpaired) electrons. The van der Waals surface area contributed by atoms with Crippen LogP contribution >= 0.6 is 27.7 Å². The molecule has 0 bridgehead atoms. The highest BCUT2D eigenvalue weighted by Crippen LogP contribution is 2.37. The van der Waals surface area contributed by atoms with E-state index in [1.165, 1.54) is 23.9 Å². The lowest BCUT2D eigenvalue weighted by Crippen LogP contribution is -2.42. The Hall–Kier alpha value is -1.57. The lowest BCUT2D eigenvalue weighted by molar-refractivity contribution is -0.160. The molecule has 0 aromatic heterocycles. The van der Waals surface area contributed by atoms with E-state index >= 15 is 0 Å². The quantitative estimate of drug-likeness (QED) is 0.445. The topological polar surface area (TPSA) is 38.8 Å². The highest BCUT2D eigenvalue weighted by Gasteiger charge is 2.33. The van der Waals surface area contributed by atoms with E-state index < -0.39 is 5.60 Å². The highest BCUT2D eigenvalue weighted by atomic mass is 79.9. The van der Waals surface area contributed by atoms with Crippen LogP contribution in [0, 0.1) is 5.82 Å². The summed E-state index contributed by atoms with van der Waals surface area (Å²) in [7, 11) is 0. The highest BCUT2D eigenvalue weighted by molar-refractivity contribution is 9.10. The summed E-state index contributed by atoms with van der Waals surface area (Å²) in [5.74, 6) is 0.304. The van der Waals surface area contributed by atoms with Gasteiger partial charge in [0.1, 0.15) is 29.8 Å². The maximum atomic E-state index is 13.5. The number of esters is 1. The lowest BCUT2D eigenvalue weighted by atomic mass is 10.1. The zero-order valence-corrected chi connectivity index (χ0v) is 19.9. The minimum atomic E-state index is -0.485. The first kappa shape index (κ1) is 23.1. The molecule has 3 rings (SSSR count). The second kappa shape index (κ2) is 10.2. The number of carbonyl (C=O) groups excluding carboxylic acids is 1. The SMILES string of the molecule is CC(C)(C)OC(=O)[C@@H]1CCCN1CCOc1cc(Br)ccc1Sc1cccc(F)c1. The minimum Gasteiger partial charge on any atom is -0.491 e. The van der Waals surface area contributed by atoms with Crippen LogP contribution in [-0.2, 0) is 9.53 Å². The normalized spacial score (nSPS) is 17.2. The molecule has 7 heteroatoms. The lowest BCUT2D eigenvalue weighted by Gasteiger charge is -2.27. The van der Waals surface area contributed by atoms with Crippen molar-refractivity contribution in [3.05, 3.63) is 52.8 Å². The van der Waals surface area contributed by atoms with Crippen LogP contribution in [0.2, 0.25) is 0 Å². The number of rotatable bonds is 7. The second-order valence-corrected chi connectivity index (χ2v) is 10.3. The third kappa shape index (κ3) is 6.72. The fourth-order valence-corrected chi connectivity index (χ4v) is 4.61. The summed E-state index contributed by atoms with van der Waals surface area (Å²) in [6, 6.07) is 12.1. The van der Waals surface area contributed by atoms with Gasteiger partial charge >= 0.3 is 5.97 Å². The van der Waals surface area contributed by atoms with E-state index in [0.717, 1.165) is 39.4 Å². The van der Waals surface area contributed by atoms with Crippen LogP contribution < -0.4 is 4.74 Å². The van der Waals surface area contributed by atoms with Crippen LogP contribution in [0.5, 0.6) is 5.75 Å². The van der Waals surface area contributed by atoms with Gasteiger partial charge in [0.2, 0.25) is 0 Å². The van der Waals surface area contributed by atoms with Gasteiger partial charge in [0.05, 0.1) is 4.90 Å². The Kier molecular flexibility index (Phi) is 7.82. The van der Waals surface area contributed by atoms with Crippen molar-refractivity contribution in [1.29, 1.82) is 0 Å². The maximum absolute atomic E-state index is 13.5. The summed E-state index contributed by atoms with van der Waals surface area (Å²) in [5.41, 5.74) is -0.485. The number of hydrogen-bond donors (Lipinski definition) is 0. The molecule has 1 saturated heterocycles. The summed E-state index contributed by atoms with van der Waals surface area (Å²) in [6.45, 7) is 7.61. The van der Waals surface area contributed by atoms with Gasteiger partial charge in [-0.2, -0.15) is 0 Å². The van der Waals surface area contributed by atoms with Crippen LogP contribution in [0.3, 0.4) is 0 Å². The van der Waals surface area contributed by atoms with Gasteiger partial charge in [-0.3, -0.25) is 9.69 Å². The van der Waals surface area contributed by atoms with Crippen LogP contribution in [0.25, 0.3) is 0 Å². The van der Waals surface area contributed by atoms with Crippen molar-refractivity contribution < 1.29 is 18.7 Å². The third-order valence-corrected chi connectivity index (χ3v) is 6.15. The molecule has 1 heterocycles. The molecule has 30 heavy (non-hydrogen) atoms. The Balaban J connectivity index is 1.61. The summed E-state index contributed by atoms with van der Waals surface area (Å²) in [5, 5.41) is 0. The zero-order chi connectivity index (χ0) is 21.7. The standard InChI is InChI=1S/C23H27BrFNO3S/c1-23(2,3)29-22(27)19-8-5-11-26(19)12-13-28-20-14-16(24)9-10-21(20)30-18-7-4-6-17(25)15-18/h4,6-7,9-10,14-15,19H,5,8,11-13H2,1-3H3/t19-/m0/s1.